The smallest absolute Gasteiger partial charge is 0.343 e. The Labute approximate surface area is 130 Å². The maximum atomic E-state index is 14.0. The number of hydrogen-bond donors (Lipinski definition) is 1. The van der Waals surface area contributed by atoms with Crippen LogP contribution in [0.5, 0.6) is 0 Å². The van der Waals surface area contributed by atoms with Gasteiger partial charge in [-0.3, -0.25) is 4.79 Å². The second-order valence-electron chi connectivity index (χ2n) is 5.35. The van der Waals surface area contributed by atoms with Gasteiger partial charge in [0.1, 0.15) is 6.54 Å². The summed E-state index contributed by atoms with van der Waals surface area (Å²) in [5, 5.41) is 20.6. The Bertz CT molecular complexity index is 735. The second kappa shape index (κ2) is 5.75. The van der Waals surface area contributed by atoms with Gasteiger partial charge in [0.05, 0.1) is 6.54 Å². The molecule has 3 rings (SSSR count). The van der Waals surface area contributed by atoms with Crippen LogP contribution in [0.1, 0.15) is 6.42 Å². The molecule has 1 aliphatic heterocycles. The third-order valence-electron chi connectivity index (χ3n) is 3.72. The van der Waals surface area contributed by atoms with E-state index >= 15 is 0 Å². The monoisotopic (exact) mass is 319 g/mol. The van der Waals surface area contributed by atoms with E-state index in [2.05, 4.69) is 15.4 Å². The van der Waals surface area contributed by atoms with Gasteiger partial charge in [-0.05, 0) is 5.21 Å². The average molecular weight is 319 g/mol. The van der Waals surface area contributed by atoms with E-state index in [1.54, 1.807) is 0 Å². The number of aliphatic carboxylic acids is 1. The van der Waals surface area contributed by atoms with Crippen molar-refractivity contribution in [2.24, 2.45) is 0 Å². The molecule has 1 fully saturated rings. The maximum absolute atomic E-state index is 14.0. The highest BCUT2D eigenvalue weighted by atomic mass is 19.1. The number of rotatable bonds is 4. The van der Waals surface area contributed by atoms with Crippen LogP contribution in [0.2, 0.25) is 0 Å². The fraction of sp³-hybridized carbons (Fsp3) is 0.357. The number of carboxylic acids is 1. The van der Waals surface area contributed by atoms with Crippen LogP contribution in [-0.4, -0.2) is 60.8 Å². The summed E-state index contributed by atoms with van der Waals surface area (Å²) >= 11 is 0. The molecule has 1 amide bonds. The predicted molar refractivity (Wildman–Crippen MR) is 75.9 cm³/mol. The molecule has 0 spiro atoms. The molecule has 1 aliphatic rings. The number of benzene rings is 1. The standard InChI is InChI=1S/C14H14FN5O3/c15-14(13(22)23)6-7-19(9-14)11(21)8-20-17-12(16-18-20)10-4-2-1-3-5-10/h1-5H,6-9H2,(H,22,23). The summed E-state index contributed by atoms with van der Waals surface area (Å²) in [7, 11) is 0. The van der Waals surface area contributed by atoms with Gasteiger partial charge in [-0.1, -0.05) is 30.3 Å². The molecule has 120 valence electrons. The van der Waals surface area contributed by atoms with Gasteiger partial charge in [0.2, 0.25) is 17.4 Å². The van der Waals surface area contributed by atoms with E-state index in [1.165, 1.54) is 4.90 Å². The van der Waals surface area contributed by atoms with Gasteiger partial charge in [-0.2, -0.15) is 4.80 Å². The Morgan fingerprint density at radius 3 is 2.70 bits per heavy atom. The summed E-state index contributed by atoms with van der Waals surface area (Å²) in [6, 6.07) is 9.15. The molecule has 0 saturated carbocycles. The van der Waals surface area contributed by atoms with Crippen LogP contribution in [0.15, 0.2) is 30.3 Å². The van der Waals surface area contributed by atoms with Crippen molar-refractivity contribution in [3.63, 3.8) is 0 Å². The first kappa shape index (κ1) is 15.1. The number of alkyl halides is 1. The Morgan fingerprint density at radius 2 is 2.04 bits per heavy atom. The molecule has 23 heavy (non-hydrogen) atoms. The first-order valence-electron chi connectivity index (χ1n) is 7.01. The average Bonchev–Trinajstić information content (AvgIpc) is 3.16. The number of halogens is 1. The van der Waals surface area contributed by atoms with E-state index in [1.807, 2.05) is 30.3 Å². The van der Waals surface area contributed by atoms with Crippen LogP contribution in [0, 0.1) is 0 Å². The zero-order chi connectivity index (χ0) is 16.4. The van der Waals surface area contributed by atoms with Crippen molar-refractivity contribution in [2.75, 3.05) is 13.1 Å². The number of carboxylic acid groups (broad SMARTS) is 1. The molecule has 1 unspecified atom stereocenters. The SMILES string of the molecule is O=C(Cn1nnc(-c2ccccc2)n1)N1CCC(F)(C(=O)O)C1. The van der Waals surface area contributed by atoms with E-state index in [0.717, 1.165) is 10.4 Å². The highest BCUT2D eigenvalue weighted by Crippen LogP contribution is 2.26. The minimum absolute atomic E-state index is 0.0574. The Hall–Kier alpha value is -2.84. The van der Waals surface area contributed by atoms with Crippen molar-refractivity contribution in [3.05, 3.63) is 30.3 Å². The lowest BCUT2D eigenvalue weighted by Gasteiger charge is -2.17. The van der Waals surface area contributed by atoms with Gasteiger partial charge in [-0.25, -0.2) is 9.18 Å². The zero-order valence-electron chi connectivity index (χ0n) is 12.1. The number of hydrogen-bond acceptors (Lipinski definition) is 5. The van der Waals surface area contributed by atoms with Crippen LogP contribution >= 0.6 is 0 Å². The van der Waals surface area contributed by atoms with Gasteiger partial charge in [0.15, 0.2) is 0 Å². The van der Waals surface area contributed by atoms with Gasteiger partial charge >= 0.3 is 5.97 Å². The van der Waals surface area contributed by atoms with Crippen LogP contribution < -0.4 is 0 Å². The van der Waals surface area contributed by atoms with E-state index in [-0.39, 0.29) is 19.5 Å². The number of carbonyl (C=O) groups excluding carboxylic acids is 1. The number of amides is 1. The van der Waals surface area contributed by atoms with Gasteiger partial charge in [0.25, 0.3) is 0 Å². The molecule has 1 saturated heterocycles. The van der Waals surface area contributed by atoms with Gasteiger partial charge in [-0.15, -0.1) is 10.2 Å². The molecule has 9 heteroatoms. The first-order valence-corrected chi connectivity index (χ1v) is 7.01. The number of carbonyl (C=O) groups is 2. The summed E-state index contributed by atoms with van der Waals surface area (Å²) in [5.41, 5.74) is -1.61. The predicted octanol–water partition coefficient (Wildman–Crippen LogP) is 0.365. The third kappa shape index (κ3) is 3.03. The van der Waals surface area contributed by atoms with Crippen molar-refractivity contribution in [2.45, 2.75) is 18.6 Å². The highest BCUT2D eigenvalue weighted by Gasteiger charge is 2.46. The number of nitrogens with zero attached hydrogens (tertiary/aromatic N) is 5. The molecule has 2 aromatic rings. The summed E-state index contributed by atoms with van der Waals surface area (Å²) in [4.78, 5) is 25.2. The molecule has 0 bridgehead atoms. The van der Waals surface area contributed by atoms with Crippen LogP contribution in [0.25, 0.3) is 11.4 Å². The lowest BCUT2D eigenvalue weighted by atomic mass is 10.1. The van der Waals surface area contributed by atoms with Gasteiger partial charge < -0.3 is 10.0 Å². The summed E-state index contributed by atoms with van der Waals surface area (Å²) < 4.78 is 14.0. The van der Waals surface area contributed by atoms with Crippen LogP contribution in [-0.2, 0) is 16.1 Å². The highest BCUT2D eigenvalue weighted by molar-refractivity contribution is 5.82. The Morgan fingerprint density at radius 1 is 1.30 bits per heavy atom. The normalized spacial score (nSPS) is 20.7. The van der Waals surface area contributed by atoms with Crippen LogP contribution in [0.4, 0.5) is 4.39 Å². The van der Waals surface area contributed by atoms with E-state index < -0.39 is 24.1 Å². The minimum Gasteiger partial charge on any atom is -0.479 e. The maximum Gasteiger partial charge on any atom is 0.343 e. The quantitative estimate of drug-likeness (QED) is 0.873. The largest absolute Gasteiger partial charge is 0.479 e. The lowest BCUT2D eigenvalue weighted by Crippen LogP contribution is -2.40. The number of aromatic nitrogens is 4. The molecule has 8 nitrogen and oxygen atoms in total. The second-order valence-corrected chi connectivity index (χ2v) is 5.35. The number of tetrazole rings is 1. The molecular weight excluding hydrogens is 305 g/mol. The molecule has 0 aliphatic carbocycles. The molecule has 1 N–H and O–H groups in total. The minimum atomic E-state index is -2.37. The molecular formula is C14H14FN5O3. The summed E-state index contributed by atoms with van der Waals surface area (Å²) in [5.74, 6) is -1.61. The molecule has 2 heterocycles. The van der Waals surface area contributed by atoms with Crippen molar-refractivity contribution < 1.29 is 19.1 Å². The molecule has 0 radical (unpaired) electrons. The fourth-order valence-electron chi connectivity index (χ4n) is 2.39. The van der Waals surface area contributed by atoms with E-state index in [0.29, 0.717) is 5.82 Å². The van der Waals surface area contributed by atoms with Crippen molar-refractivity contribution in [1.29, 1.82) is 0 Å². The molecule has 1 aromatic heterocycles. The third-order valence-corrected chi connectivity index (χ3v) is 3.72. The summed E-state index contributed by atoms with van der Waals surface area (Å²) in [6.45, 7) is -0.612. The topological polar surface area (TPSA) is 101 Å². The van der Waals surface area contributed by atoms with E-state index in [4.69, 9.17) is 5.11 Å². The van der Waals surface area contributed by atoms with Gasteiger partial charge in [0, 0.05) is 18.5 Å². The van der Waals surface area contributed by atoms with Crippen molar-refractivity contribution in [3.8, 4) is 11.4 Å². The van der Waals surface area contributed by atoms with E-state index in [9.17, 15) is 14.0 Å². The first-order chi connectivity index (χ1) is 11.0. The van der Waals surface area contributed by atoms with Crippen molar-refractivity contribution in [1.82, 2.24) is 25.1 Å². The van der Waals surface area contributed by atoms with Crippen LogP contribution in [0.3, 0.4) is 0 Å². The summed E-state index contributed by atoms with van der Waals surface area (Å²) in [6.07, 6.45) is -0.214. The zero-order valence-corrected chi connectivity index (χ0v) is 12.1. The number of likely N-dealkylation sites (tertiary alicyclic amines) is 1. The Balaban J connectivity index is 1.66. The molecule has 1 atom stereocenters. The van der Waals surface area contributed by atoms with Crippen molar-refractivity contribution >= 4 is 11.9 Å². The Kier molecular flexibility index (Phi) is 3.77. The lowest BCUT2D eigenvalue weighted by molar-refractivity contribution is -0.150. The fourth-order valence-corrected chi connectivity index (χ4v) is 2.39. The molecule has 1 aromatic carbocycles.